The van der Waals surface area contributed by atoms with E-state index in [9.17, 15) is 0 Å². The first kappa shape index (κ1) is 29.1. The Balaban J connectivity index is 2.86. The SMILES string of the molecule is CCCCN1c2ccccc2N(CCCC)C(CCCC)(CCCC)C1(CCCC)CCCC. The van der Waals surface area contributed by atoms with Crippen LogP contribution < -0.4 is 9.80 Å². The molecule has 34 heavy (non-hydrogen) atoms. The second kappa shape index (κ2) is 15.0. The smallest absolute Gasteiger partial charge is 0.0634 e. The summed E-state index contributed by atoms with van der Waals surface area (Å²) in [6, 6.07) is 9.51. The fourth-order valence-electron chi connectivity index (χ4n) is 6.78. The van der Waals surface area contributed by atoms with E-state index in [-0.39, 0.29) is 11.1 Å². The topological polar surface area (TPSA) is 6.48 Å². The van der Waals surface area contributed by atoms with Gasteiger partial charge in [0.1, 0.15) is 0 Å². The largest absolute Gasteiger partial charge is 0.362 e. The summed E-state index contributed by atoms with van der Waals surface area (Å²) >= 11 is 0. The second-order valence-electron chi connectivity index (χ2n) is 11.0. The normalized spacial score (nSPS) is 16.6. The predicted octanol–water partition coefficient (Wildman–Crippen LogP) is 10.2. The van der Waals surface area contributed by atoms with E-state index in [1.807, 2.05) is 0 Å². The molecule has 0 fully saturated rings. The number of fused-ring (bicyclic) bond motifs is 1. The van der Waals surface area contributed by atoms with Gasteiger partial charge < -0.3 is 9.80 Å². The van der Waals surface area contributed by atoms with Crippen molar-refractivity contribution >= 4 is 11.4 Å². The van der Waals surface area contributed by atoms with Crippen molar-refractivity contribution in [1.82, 2.24) is 0 Å². The number of rotatable bonds is 18. The Hall–Kier alpha value is -1.18. The minimum absolute atomic E-state index is 0.237. The lowest BCUT2D eigenvalue weighted by molar-refractivity contribution is 0.120. The molecule has 0 amide bonds. The van der Waals surface area contributed by atoms with E-state index < -0.39 is 0 Å². The van der Waals surface area contributed by atoms with Crippen molar-refractivity contribution in [1.29, 1.82) is 0 Å². The highest BCUT2D eigenvalue weighted by Crippen LogP contribution is 2.56. The van der Waals surface area contributed by atoms with E-state index in [0.29, 0.717) is 0 Å². The van der Waals surface area contributed by atoms with E-state index in [1.165, 1.54) is 127 Å². The van der Waals surface area contributed by atoms with Crippen LogP contribution in [0.15, 0.2) is 24.3 Å². The lowest BCUT2D eigenvalue weighted by Crippen LogP contribution is -2.74. The quantitative estimate of drug-likeness (QED) is 0.210. The van der Waals surface area contributed by atoms with E-state index in [0.717, 1.165) is 0 Å². The maximum absolute atomic E-state index is 2.99. The van der Waals surface area contributed by atoms with Gasteiger partial charge in [-0.15, -0.1) is 0 Å². The first-order valence-corrected chi connectivity index (χ1v) is 15.3. The van der Waals surface area contributed by atoms with Crippen LogP contribution in [0.25, 0.3) is 0 Å². The van der Waals surface area contributed by atoms with Gasteiger partial charge >= 0.3 is 0 Å². The maximum Gasteiger partial charge on any atom is 0.0634 e. The Kier molecular flexibility index (Phi) is 12.9. The van der Waals surface area contributed by atoms with Crippen LogP contribution in [0.1, 0.15) is 144 Å². The third-order valence-electron chi connectivity index (χ3n) is 8.61. The average molecular weight is 471 g/mol. The summed E-state index contributed by atoms with van der Waals surface area (Å²) in [5.41, 5.74) is 3.53. The van der Waals surface area contributed by atoms with Gasteiger partial charge in [-0.25, -0.2) is 0 Å². The lowest BCUT2D eigenvalue weighted by atomic mass is 9.62. The van der Waals surface area contributed by atoms with Gasteiger partial charge in [0.15, 0.2) is 0 Å². The van der Waals surface area contributed by atoms with Crippen LogP contribution in [0.5, 0.6) is 0 Å². The summed E-state index contributed by atoms with van der Waals surface area (Å²) in [5.74, 6) is 0. The highest BCUT2D eigenvalue weighted by molar-refractivity contribution is 5.77. The molecule has 1 aliphatic heterocycles. The van der Waals surface area contributed by atoms with Crippen molar-refractivity contribution in [2.45, 2.75) is 155 Å². The Morgan fingerprint density at radius 1 is 0.471 bits per heavy atom. The van der Waals surface area contributed by atoms with Crippen molar-refractivity contribution < 1.29 is 0 Å². The van der Waals surface area contributed by atoms with Crippen LogP contribution in [-0.2, 0) is 0 Å². The highest BCUT2D eigenvalue weighted by atomic mass is 15.4. The van der Waals surface area contributed by atoms with Crippen LogP contribution in [0.4, 0.5) is 11.4 Å². The molecule has 0 aromatic heterocycles. The van der Waals surface area contributed by atoms with E-state index >= 15 is 0 Å². The molecule has 0 saturated carbocycles. The van der Waals surface area contributed by atoms with Crippen molar-refractivity contribution in [3.63, 3.8) is 0 Å². The second-order valence-corrected chi connectivity index (χ2v) is 11.0. The number of hydrogen-bond donors (Lipinski definition) is 0. The number of hydrogen-bond acceptors (Lipinski definition) is 2. The van der Waals surface area contributed by atoms with E-state index in [2.05, 4.69) is 75.6 Å². The molecular weight excluding hydrogens is 412 g/mol. The number of benzene rings is 1. The maximum atomic E-state index is 2.99. The standard InChI is InChI=1S/C32H58N2/c1-7-13-23-31(24-14-8-2)32(25-15-9-3,26-16-10-4)34(28-18-12-6)30-22-20-19-21-29(30)33(31)27-17-11-5/h19-22H,7-18,23-28H2,1-6H3. The molecule has 1 heterocycles. The summed E-state index contributed by atoms with van der Waals surface area (Å²) in [6.07, 6.45) is 21.1. The Labute approximate surface area is 213 Å². The molecule has 0 aliphatic carbocycles. The zero-order valence-electron chi connectivity index (χ0n) is 23.9. The summed E-state index contributed by atoms with van der Waals surface area (Å²) in [7, 11) is 0. The summed E-state index contributed by atoms with van der Waals surface area (Å²) in [6.45, 7) is 16.7. The van der Waals surface area contributed by atoms with Crippen molar-refractivity contribution in [2.24, 2.45) is 0 Å². The molecular formula is C32H58N2. The fourth-order valence-corrected chi connectivity index (χ4v) is 6.78. The van der Waals surface area contributed by atoms with Crippen molar-refractivity contribution in [2.75, 3.05) is 22.9 Å². The number of para-hydroxylation sites is 2. The fraction of sp³-hybridized carbons (Fsp3) is 0.812. The molecule has 0 N–H and O–H groups in total. The zero-order valence-corrected chi connectivity index (χ0v) is 23.9. The third-order valence-corrected chi connectivity index (χ3v) is 8.61. The molecule has 0 bridgehead atoms. The molecule has 0 radical (unpaired) electrons. The number of nitrogens with zero attached hydrogens (tertiary/aromatic N) is 2. The van der Waals surface area contributed by atoms with E-state index in [4.69, 9.17) is 0 Å². The van der Waals surface area contributed by atoms with Gasteiger partial charge in [0.25, 0.3) is 0 Å². The molecule has 196 valence electrons. The molecule has 2 rings (SSSR count). The molecule has 1 aliphatic rings. The van der Waals surface area contributed by atoms with Gasteiger partial charge in [-0.05, 0) is 50.7 Å². The van der Waals surface area contributed by atoms with Gasteiger partial charge in [0, 0.05) is 13.1 Å². The lowest BCUT2D eigenvalue weighted by Gasteiger charge is -2.66. The molecule has 0 spiro atoms. The molecule has 1 aromatic rings. The van der Waals surface area contributed by atoms with Crippen LogP contribution in [0.3, 0.4) is 0 Å². The summed E-state index contributed by atoms with van der Waals surface area (Å²) in [4.78, 5) is 5.98. The zero-order chi connectivity index (χ0) is 24.9. The number of anilines is 2. The Morgan fingerprint density at radius 3 is 1.03 bits per heavy atom. The van der Waals surface area contributed by atoms with Gasteiger partial charge in [-0.3, -0.25) is 0 Å². The predicted molar refractivity (Wildman–Crippen MR) is 155 cm³/mol. The van der Waals surface area contributed by atoms with Crippen LogP contribution in [0, 0.1) is 0 Å². The van der Waals surface area contributed by atoms with Crippen molar-refractivity contribution in [3.05, 3.63) is 24.3 Å². The van der Waals surface area contributed by atoms with Gasteiger partial charge in [-0.1, -0.05) is 118 Å². The molecule has 0 saturated heterocycles. The Morgan fingerprint density at radius 2 is 0.765 bits per heavy atom. The van der Waals surface area contributed by atoms with Crippen LogP contribution >= 0.6 is 0 Å². The monoisotopic (exact) mass is 470 g/mol. The van der Waals surface area contributed by atoms with Gasteiger partial charge in [0.2, 0.25) is 0 Å². The first-order chi connectivity index (χ1) is 16.6. The van der Waals surface area contributed by atoms with Crippen molar-refractivity contribution in [3.8, 4) is 0 Å². The summed E-state index contributed by atoms with van der Waals surface area (Å²) < 4.78 is 0. The third kappa shape index (κ3) is 6.14. The molecule has 2 nitrogen and oxygen atoms in total. The average Bonchev–Trinajstić information content (AvgIpc) is 2.87. The minimum atomic E-state index is 0.237. The molecule has 0 unspecified atom stereocenters. The van der Waals surface area contributed by atoms with Crippen LogP contribution in [-0.4, -0.2) is 24.2 Å². The Bertz CT molecular complexity index is 594. The van der Waals surface area contributed by atoms with Gasteiger partial charge in [0.05, 0.1) is 22.5 Å². The number of unbranched alkanes of at least 4 members (excludes halogenated alkanes) is 6. The van der Waals surface area contributed by atoms with E-state index in [1.54, 1.807) is 0 Å². The molecule has 2 heteroatoms. The summed E-state index contributed by atoms with van der Waals surface area (Å²) in [5, 5.41) is 0. The first-order valence-electron chi connectivity index (χ1n) is 15.3. The minimum Gasteiger partial charge on any atom is -0.362 e. The van der Waals surface area contributed by atoms with Gasteiger partial charge in [-0.2, -0.15) is 0 Å². The molecule has 0 atom stereocenters. The van der Waals surface area contributed by atoms with Crippen LogP contribution in [0.2, 0.25) is 0 Å². The highest BCUT2D eigenvalue weighted by Gasteiger charge is 2.59. The molecule has 1 aromatic carbocycles.